The molecule has 0 atom stereocenters. The zero-order valence-corrected chi connectivity index (χ0v) is 34.8. The second-order valence-electron chi connectivity index (χ2n) is 17.2. The molecule has 11 aromatic carbocycles. The molecular formula is C60H34N4O. The lowest BCUT2D eigenvalue weighted by Crippen LogP contribution is -2.04. The van der Waals surface area contributed by atoms with Gasteiger partial charge in [-0.2, -0.15) is 0 Å². The van der Waals surface area contributed by atoms with Gasteiger partial charge in [0.05, 0.1) is 33.1 Å². The third-order valence-electron chi connectivity index (χ3n) is 13.8. The zero-order chi connectivity index (χ0) is 42.3. The SMILES string of the molecule is c1ccc(-n2c3ccccc3c3cc(-c4ccc5c6c4c4ccc7ccccc7c4c4cccc(c46)n5-c4nc5ccccc5nc4-c4cccc5oc6ccccc6c45)ccc32)cc1. The first-order chi connectivity index (χ1) is 32.3. The minimum atomic E-state index is 0.781. The van der Waals surface area contributed by atoms with Crippen molar-refractivity contribution in [2.75, 3.05) is 0 Å². The number of rotatable bonds is 4. The van der Waals surface area contributed by atoms with Gasteiger partial charge in [-0.15, -0.1) is 0 Å². The highest BCUT2D eigenvalue weighted by molar-refractivity contribution is 6.40. The van der Waals surface area contributed by atoms with Crippen molar-refractivity contribution < 1.29 is 4.42 Å². The van der Waals surface area contributed by atoms with Gasteiger partial charge in [0.2, 0.25) is 0 Å². The van der Waals surface area contributed by atoms with E-state index in [1.165, 1.54) is 76.0 Å². The molecule has 0 N–H and O–H groups in total. The standard InChI is InChI=1S/C60H34N4O/c1-2-15-37(16-3-1)63-48-24-10-6-18-40(48)45-34-36(29-32-49(45)63)39-31-33-51-58-56(39)43-30-28-35-14-4-5-17-38(35)54(43)42-20-12-25-50(57(42)58)64(51)60-59(61-46-22-8-9-23-47(46)62-60)44-21-13-27-53-55(44)41-19-7-11-26-52(41)65-53/h1-34H. The van der Waals surface area contributed by atoms with Crippen LogP contribution in [0.2, 0.25) is 0 Å². The van der Waals surface area contributed by atoms with Crippen molar-refractivity contribution in [1.82, 2.24) is 19.1 Å². The number of furan rings is 1. The number of hydrogen-bond acceptors (Lipinski definition) is 3. The Morgan fingerprint density at radius 1 is 0.338 bits per heavy atom. The summed E-state index contributed by atoms with van der Waals surface area (Å²) in [6.07, 6.45) is 0. The van der Waals surface area contributed by atoms with Crippen molar-refractivity contribution in [3.8, 4) is 33.9 Å². The van der Waals surface area contributed by atoms with Gasteiger partial charge in [-0.25, -0.2) is 9.97 Å². The van der Waals surface area contributed by atoms with Crippen LogP contribution in [0.1, 0.15) is 0 Å². The van der Waals surface area contributed by atoms with E-state index in [1.807, 2.05) is 30.3 Å². The largest absolute Gasteiger partial charge is 0.456 e. The molecule has 0 saturated carbocycles. The van der Waals surface area contributed by atoms with Crippen molar-refractivity contribution in [3.05, 3.63) is 206 Å². The Bertz CT molecular complexity index is 4480. The molecule has 0 spiro atoms. The molecule has 4 heterocycles. The summed E-state index contributed by atoms with van der Waals surface area (Å²) in [6.45, 7) is 0. The molecule has 0 aliphatic heterocycles. The molecule has 0 saturated heterocycles. The molecule has 0 amide bonds. The van der Waals surface area contributed by atoms with Crippen LogP contribution in [0.4, 0.5) is 0 Å². The van der Waals surface area contributed by atoms with Crippen molar-refractivity contribution in [2.45, 2.75) is 0 Å². The highest BCUT2D eigenvalue weighted by Crippen LogP contribution is 2.50. The fourth-order valence-corrected chi connectivity index (χ4v) is 11.2. The molecule has 0 radical (unpaired) electrons. The summed E-state index contributed by atoms with van der Waals surface area (Å²) in [5.41, 5.74) is 13.2. The van der Waals surface area contributed by atoms with E-state index >= 15 is 0 Å². The predicted octanol–water partition coefficient (Wildman–Crippen LogP) is 16.0. The predicted molar refractivity (Wildman–Crippen MR) is 270 cm³/mol. The highest BCUT2D eigenvalue weighted by atomic mass is 16.3. The third kappa shape index (κ3) is 4.71. The van der Waals surface area contributed by atoms with Crippen LogP contribution >= 0.6 is 0 Å². The Morgan fingerprint density at radius 2 is 1.00 bits per heavy atom. The molecule has 0 unspecified atom stereocenters. The Hall–Kier alpha value is -8.80. The molecule has 0 aliphatic rings. The minimum Gasteiger partial charge on any atom is -0.456 e. The van der Waals surface area contributed by atoms with Crippen LogP contribution in [0.25, 0.3) is 143 Å². The average molecular weight is 827 g/mol. The Morgan fingerprint density at radius 3 is 1.91 bits per heavy atom. The second-order valence-corrected chi connectivity index (χ2v) is 17.2. The van der Waals surface area contributed by atoms with Gasteiger partial charge in [0.1, 0.15) is 16.9 Å². The molecule has 65 heavy (non-hydrogen) atoms. The number of aromatic nitrogens is 4. The van der Waals surface area contributed by atoms with Crippen LogP contribution in [0.5, 0.6) is 0 Å². The maximum atomic E-state index is 6.46. The maximum absolute atomic E-state index is 6.46. The van der Waals surface area contributed by atoms with Gasteiger partial charge in [0, 0.05) is 49.0 Å². The van der Waals surface area contributed by atoms with Crippen LogP contribution in [0.3, 0.4) is 0 Å². The quantitative estimate of drug-likeness (QED) is 0.166. The molecule has 15 rings (SSSR count). The molecule has 4 aromatic heterocycles. The van der Waals surface area contributed by atoms with Gasteiger partial charge in [0.15, 0.2) is 5.82 Å². The fraction of sp³-hybridized carbons (Fsp3) is 0. The van der Waals surface area contributed by atoms with Crippen LogP contribution in [0, 0.1) is 0 Å². The molecular weight excluding hydrogens is 793 g/mol. The maximum Gasteiger partial charge on any atom is 0.165 e. The summed E-state index contributed by atoms with van der Waals surface area (Å²) in [5, 5.41) is 14.4. The van der Waals surface area contributed by atoms with E-state index in [9.17, 15) is 0 Å². The molecule has 5 heteroatoms. The Balaban J connectivity index is 1.09. The third-order valence-corrected chi connectivity index (χ3v) is 13.8. The molecule has 15 aromatic rings. The number of hydrogen-bond donors (Lipinski definition) is 0. The summed E-state index contributed by atoms with van der Waals surface area (Å²) in [4.78, 5) is 11.1. The van der Waals surface area contributed by atoms with E-state index < -0.39 is 0 Å². The molecule has 5 nitrogen and oxygen atoms in total. The normalized spacial score (nSPS) is 12.3. The van der Waals surface area contributed by atoms with Crippen molar-refractivity contribution in [3.63, 3.8) is 0 Å². The van der Waals surface area contributed by atoms with E-state index in [2.05, 4.69) is 185 Å². The first-order valence-corrected chi connectivity index (χ1v) is 22.2. The first-order valence-electron chi connectivity index (χ1n) is 22.2. The van der Waals surface area contributed by atoms with Crippen LogP contribution in [-0.2, 0) is 0 Å². The van der Waals surface area contributed by atoms with Crippen molar-refractivity contribution >= 4 is 109 Å². The lowest BCUT2D eigenvalue weighted by Gasteiger charge is -2.16. The van der Waals surface area contributed by atoms with E-state index in [0.29, 0.717) is 0 Å². The van der Waals surface area contributed by atoms with Crippen LogP contribution in [-0.4, -0.2) is 19.1 Å². The van der Waals surface area contributed by atoms with Gasteiger partial charge in [-0.1, -0.05) is 140 Å². The lowest BCUT2D eigenvalue weighted by atomic mass is 9.87. The summed E-state index contributed by atoms with van der Waals surface area (Å²) < 4.78 is 11.2. The Labute approximate surface area is 371 Å². The van der Waals surface area contributed by atoms with E-state index in [4.69, 9.17) is 14.4 Å². The number of para-hydroxylation sites is 5. The first kappa shape index (κ1) is 34.7. The monoisotopic (exact) mass is 826 g/mol. The second kappa shape index (κ2) is 12.9. The Kier molecular flexibility index (Phi) is 6.89. The fourth-order valence-electron chi connectivity index (χ4n) is 11.2. The van der Waals surface area contributed by atoms with Gasteiger partial charge in [-0.3, -0.25) is 4.57 Å². The lowest BCUT2D eigenvalue weighted by molar-refractivity contribution is 0.669. The van der Waals surface area contributed by atoms with Crippen molar-refractivity contribution in [1.29, 1.82) is 0 Å². The molecule has 0 bridgehead atoms. The number of nitrogens with zero attached hydrogens (tertiary/aromatic N) is 4. The zero-order valence-electron chi connectivity index (χ0n) is 34.8. The van der Waals surface area contributed by atoms with Gasteiger partial charge in [0.25, 0.3) is 0 Å². The van der Waals surface area contributed by atoms with Crippen LogP contribution in [0.15, 0.2) is 211 Å². The summed E-state index contributed by atoms with van der Waals surface area (Å²) in [6, 6.07) is 74.1. The summed E-state index contributed by atoms with van der Waals surface area (Å²) in [5.74, 6) is 0.781. The van der Waals surface area contributed by atoms with Gasteiger partial charge >= 0.3 is 0 Å². The molecule has 0 aliphatic carbocycles. The van der Waals surface area contributed by atoms with Gasteiger partial charge in [-0.05, 0) is 105 Å². The van der Waals surface area contributed by atoms with Crippen molar-refractivity contribution in [2.24, 2.45) is 0 Å². The van der Waals surface area contributed by atoms with E-state index in [-0.39, 0.29) is 0 Å². The van der Waals surface area contributed by atoms with E-state index in [0.717, 1.165) is 66.8 Å². The summed E-state index contributed by atoms with van der Waals surface area (Å²) in [7, 11) is 0. The smallest absolute Gasteiger partial charge is 0.165 e. The molecule has 0 fully saturated rings. The van der Waals surface area contributed by atoms with Gasteiger partial charge < -0.3 is 8.98 Å². The minimum absolute atomic E-state index is 0.781. The van der Waals surface area contributed by atoms with Crippen LogP contribution < -0.4 is 0 Å². The average Bonchev–Trinajstić information content (AvgIpc) is 4.03. The summed E-state index contributed by atoms with van der Waals surface area (Å²) >= 11 is 0. The molecule has 300 valence electrons. The number of fused-ring (bicyclic) bond motifs is 12. The topological polar surface area (TPSA) is 48.8 Å². The number of benzene rings is 11. The highest BCUT2D eigenvalue weighted by Gasteiger charge is 2.27. The van der Waals surface area contributed by atoms with E-state index in [1.54, 1.807) is 0 Å².